The van der Waals surface area contributed by atoms with Gasteiger partial charge in [-0.2, -0.15) is 13.0 Å². The van der Waals surface area contributed by atoms with Crippen molar-refractivity contribution in [3.05, 3.63) is 114 Å². The van der Waals surface area contributed by atoms with E-state index in [-0.39, 0.29) is 11.3 Å². The van der Waals surface area contributed by atoms with Crippen LogP contribution in [0.5, 0.6) is 0 Å². The van der Waals surface area contributed by atoms with Gasteiger partial charge >= 0.3 is 5.97 Å². The van der Waals surface area contributed by atoms with E-state index in [0.29, 0.717) is 18.4 Å². The Hall–Kier alpha value is -4.79. The molecule has 44 heavy (non-hydrogen) atoms. The maximum atomic E-state index is 12.1. The highest BCUT2D eigenvalue weighted by Gasteiger charge is 2.32. The zero-order valence-electron chi connectivity index (χ0n) is 24.3. The maximum Gasteiger partial charge on any atom is 0.303 e. The lowest BCUT2D eigenvalue weighted by Crippen LogP contribution is -2.15. The third-order valence-corrected chi connectivity index (χ3v) is 8.94. The van der Waals surface area contributed by atoms with Gasteiger partial charge in [-0.15, -0.1) is 0 Å². The molecule has 0 spiro atoms. The molecule has 2 heterocycles. The van der Waals surface area contributed by atoms with Crippen molar-refractivity contribution in [1.82, 2.24) is 4.57 Å². The first-order valence-electron chi connectivity index (χ1n) is 14.7. The molecule has 222 valence electrons. The molecule has 6 rings (SSSR count). The van der Waals surface area contributed by atoms with Crippen LogP contribution in [0.25, 0.3) is 38.5 Å². The molecule has 0 saturated heterocycles. The standard InChI is InChI=1S/C36H32N2O5S/c1-2-23-37-29(26-14-8-12-25-13-9-19-31(37)35(25)26)17-6-4-3-5-7-18-30-27-15-10-16-28-33(44(41,42)43)22-21-32(36(27)28)38(30)24-11-20-34(39)40/h3-10,12-19,21-22H,2,11,20,23-24H2,1H3,(H-,39,40,41,42,43)/p+1. The molecule has 2 N–H and O–H groups in total. The van der Waals surface area contributed by atoms with Gasteiger partial charge in [-0.3, -0.25) is 9.35 Å². The molecule has 0 fully saturated rings. The fraction of sp³-hybridized carbons (Fsp3) is 0.167. The summed E-state index contributed by atoms with van der Waals surface area (Å²) in [5.41, 5.74) is 3.70. The average molecular weight is 606 g/mol. The average Bonchev–Trinajstić information content (AvgIpc) is 3.46. The van der Waals surface area contributed by atoms with E-state index < -0.39 is 16.1 Å². The Bertz CT molecular complexity index is 2210. The molecule has 0 aliphatic carbocycles. The van der Waals surface area contributed by atoms with Gasteiger partial charge in [0.1, 0.15) is 11.4 Å². The van der Waals surface area contributed by atoms with Crippen molar-refractivity contribution in [3.8, 4) is 0 Å². The summed E-state index contributed by atoms with van der Waals surface area (Å²) in [5.74, 6) is -0.869. The number of aromatic nitrogens is 1. The summed E-state index contributed by atoms with van der Waals surface area (Å²) in [7, 11) is -4.42. The van der Waals surface area contributed by atoms with Crippen molar-refractivity contribution in [2.45, 2.75) is 37.6 Å². The summed E-state index contributed by atoms with van der Waals surface area (Å²) in [6, 6.07) is 21.3. The van der Waals surface area contributed by atoms with Crippen LogP contribution in [0.15, 0.2) is 108 Å². The van der Waals surface area contributed by atoms with E-state index in [4.69, 9.17) is 0 Å². The van der Waals surface area contributed by atoms with Crippen LogP contribution >= 0.6 is 0 Å². The Morgan fingerprint density at radius 3 is 2.39 bits per heavy atom. The highest BCUT2D eigenvalue weighted by molar-refractivity contribution is 7.86. The minimum atomic E-state index is -4.42. The van der Waals surface area contributed by atoms with Gasteiger partial charge < -0.3 is 9.67 Å². The summed E-state index contributed by atoms with van der Waals surface area (Å²) in [6.45, 7) is 3.57. The monoisotopic (exact) mass is 605 g/mol. The molecule has 8 heteroatoms. The van der Waals surface area contributed by atoms with Crippen molar-refractivity contribution in [3.63, 3.8) is 0 Å². The van der Waals surface area contributed by atoms with Gasteiger partial charge in [-0.1, -0.05) is 79.8 Å². The molecule has 0 unspecified atom stereocenters. The molecule has 0 atom stereocenters. The van der Waals surface area contributed by atoms with E-state index in [0.717, 1.165) is 35.3 Å². The summed E-state index contributed by atoms with van der Waals surface area (Å²) in [4.78, 5) is 11.1. The van der Waals surface area contributed by atoms with Crippen LogP contribution in [-0.4, -0.2) is 45.4 Å². The minimum Gasteiger partial charge on any atom is -0.481 e. The first-order valence-corrected chi connectivity index (χ1v) is 16.1. The van der Waals surface area contributed by atoms with Gasteiger partial charge in [0.15, 0.2) is 0 Å². The van der Waals surface area contributed by atoms with Crippen LogP contribution in [0.1, 0.15) is 31.7 Å². The van der Waals surface area contributed by atoms with Crippen LogP contribution in [-0.2, 0) is 21.5 Å². The zero-order valence-corrected chi connectivity index (χ0v) is 25.2. The predicted octanol–water partition coefficient (Wildman–Crippen LogP) is 6.78. The topological polar surface area (TPSA) is 99.6 Å². The van der Waals surface area contributed by atoms with Crippen LogP contribution in [0.4, 0.5) is 5.69 Å². The molecular formula is C36H33N2O5S+. The summed E-state index contributed by atoms with van der Waals surface area (Å²) in [5, 5.41) is 15.3. The maximum absolute atomic E-state index is 12.1. The molecule has 1 aliphatic heterocycles. The van der Waals surface area contributed by atoms with E-state index in [9.17, 15) is 22.9 Å². The number of rotatable bonds is 11. The van der Waals surface area contributed by atoms with Crippen LogP contribution in [0, 0.1) is 0 Å². The normalized spacial score (nSPS) is 14.3. The molecule has 0 radical (unpaired) electrons. The first-order chi connectivity index (χ1) is 21.3. The Morgan fingerprint density at radius 1 is 0.886 bits per heavy atom. The SMILES string of the molecule is CCCn1\c(=C/C=C/C=C/C=C/C2=[N+](CCCC(=O)O)c3ccc(S(=O)(=O)O)c4cccc2c34)c2cccc3cccc1c32. The van der Waals surface area contributed by atoms with Crippen molar-refractivity contribution in [1.29, 1.82) is 0 Å². The molecule has 4 aromatic carbocycles. The van der Waals surface area contributed by atoms with Gasteiger partial charge in [0.05, 0.1) is 17.4 Å². The second-order valence-electron chi connectivity index (χ2n) is 10.8. The lowest BCUT2D eigenvalue weighted by atomic mass is 10.0. The van der Waals surface area contributed by atoms with Gasteiger partial charge in [-0.05, 0) is 36.1 Å². The fourth-order valence-electron chi connectivity index (χ4n) is 6.27. The van der Waals surface area contributed by atoms with Crippen molar-refractivity contribution < 1.29 is 27.4 Å². The van der Waals surface area contributed by atoms with Crippen LogP contribution in [0.2, 0.25) is 0 Å². The number of carboxylic acid groups (broad SMARTS) is 1. The molecule has 0 amide bonds. The van der Waals surface area contributed by atoms with Gasteiger partial charge in [-0.25, -0.2) is 0 Å². The Morgan fingerprint density at radius 2 is 1.61 bits per heavy atom. The molecular weight excluding hydrogens is 572 g/mol. The summed E-state index contributed by atoms with van der Waals surface area (Å²) >= 11 is 0. The minimum absolute atomic E-state index is 0.0194. The quantitative estimate of drug-likeness (QED) is 0.0982. The van der Waals surface area contributed by atoms with E-state index in [1.165, 1.54) is 33.1 Å². The number of allylic oxidation sites excluding steroid dienone is 6. The number of hydrogen-bond donors (Lipinski definition) is 2. The zero-order chi connectivity index (χ0) is 30.8. The molecule has 0 saturated carbocycles. The summed E-state index contributed by atoms with van der Waals surface area (Å²) in [6.07, 6.45) is 15.4. The largest absolute Gasteiger partial charge is 0.481 e. The predicted molar refractivity (Wildman–Crippen MR) is 176 cm³/mol. The van der Waals surface area contributed by atoms with Crippen molar-refractivity contribution in [2.24, 2.45) is 0 Å². The Kier molecular flexibility index (Phi) is 8.03. The fourth-order valence-corrected chi connectivity index (χ4v) is 6.96. The number of benzene rings is 4. The van der Waals surface area contributed by atoms with Crippen LogP contribution in [0.3, 0.4) is 0 Å². The van der Waals surface area contributed by atoms with Crippen LogP contribution < -0.4 is 5.35 Å². The summed E-state index contributed by atoms with van der Waals surface area (Å²) < 4.78 is 38.3. The Labute approximate surface area is 255 Å². The number of carboxylic acids is 1. The molecule has 1 aromatic heterocycles. The number of nitrogens with zero attached hydrogens (tertiary/aromatic N) is 2. The first kappa shape index (κ1) is 29.3. The van der Waals surface area contributed by atoms with Gasteiger partial charge in [0, 0.05) is 52.1 Å². The second-order valence-corrected chi connectivity index (χ2v) is 12.2. The molecule has 0 bridgehead atoms. The Balaban J connectivity index is 1.31. The van der Waals surface area contributed by atoms with E-state index >= 15 is 0 Å². The molecule has 1 aliphatic rings. The number of aliphatic carboxylic acids is 1. The van der Waals surface area contributed by atoms with Gasteiger partial charge in [0.2, 0.25) is 11.4 Å². The number of carbonyl (C=O) groups is 1. The van der Waals surface area contributed by atoms with Gasteiger partial charge in [0.25, 0.3) is 10.1 Å². The smallest absolute Gasteiger partial charge is 0.303 e. The lowest BCUT2D eigenvalue weighted by Gasteiger charge is -2.04. The highest BCUT2D eigenvalue weighted by Crippen LogP contribution is 2.39. The third kappa shape index (κ3) is 5.38. The highest BCUT2D eigenvalue weighted by atomic mass is 32.2. The van der Waals surface area contributed by atoms with E-state index in [2.05, 4.69) is 54.0 Å². The van der Waals surface area contributed by atoms with Crippen molar-refractivity contribution >= 4 is 66.0 Å². The number of hydrogen-bond acceptors (Lipinski definition) is 3. The van der Waals surface area contributed by atoms with E-state index in [1.54, 1.807) is 18.2 Å². The van der Waals surface area contributed by atoms with Crippen molar-refractivity contribution in [2.75, 3.05) is 6.54 Å². The number of aryl methyl sites for hydroxylation is 1. The molecule has 7 nitrogen and oxygen atoms in total. The second kappa shape index (κ2) is 12.1. The lowest BCUT2D eigenvalue weighted by molar-refractivity contribution is -0.436. The van der Waals surface area contributed by atoms with E-state index in [1.807, 2.05) is 47.1 Å². The third-order valence-electron chi connectivity index (χ3n) is 8.03. The molecule has 5 aromatic rings.